The average molecular weight is 281 g/mol. The molecule has 0 fully saturated rings. The molecule has 0 saturated carbocycles. The van der Waals surface area contributed by atoms with Crippen LogP contribution >= 0.6 is 0 Å². The van der Waals surface area contributed by atoms with E-state index in [1.165, 1.54) is 30.3 Å². The first-order valence-electron chi connectivity index (χ1n) is 6.27. The summed E-state index contributed by atoms with van der Waals surface area (Å²) in [6.07, 6.45) is 3.10. The van der Waals surface area contributed by atoms with Crippen molar-refractivity contribution in [2.45, 2.75) is 0 Å². The Labute approximate surface area is 121 Å². The van der Waals surface area contributed by atoms with Crippen LogP contribution in [0.5, 0.6) is 5.75 Å². The Bertz CT molecular complexity index is 682. The molecule has 3 nitrogen and oxygen atoms in total. The molecule has 0 heterocycles. The van der Waals surface area contributed by atoms with Gasteiger partial charge in [-0.25, -0.2) is 4.39 Å². The first kappa shape index (κ1) is 14.5. The third-order valence-corrected chi connectivity index (χ3v) is 2.74. The number of rotatable bonds is 5. The predicted molar refractivity (Wildman–Crippen MR) is 77.3 cm³/mol. The smallest absolute Gasteiger partial charge is 0.185 e. The molecule has 0 saturated heterocycles. The number of halogens is 1. The van der Waals surface area contributed by atoms with Gasteiger partial charge in [0.05, 0.1) is 0 Å². The van der Waals surface area contributed by atoms with Gasteiger partial charge in [0.25, 0.3) is 0 Å². The summed E-state index contributed by atoms with van der Waals surface area (Å²) in [4.78, 5) is 11.9. The van der Waals surface area contributed by atoms with Gasteiger partial charge in [-0.05, 0) is 48.0 Å². The molecule has 2 aromatic rings. The van der Waals surface area contributed by atoms with Crippen LogP contribution < -0.4 is 4.74 Å². The third kappa shape index (κ3) is 4.29. The van der Waals surface area contributed by atoms with E-state index in [1.807, 2.05) is 6.07 Å². The second kappa shape index (κ2) is 7.01. The quantitative estimate of drug-likeness (QED) is 0.621. The molecule has 0 aliphatic heterocycles. The van der Waals surface area contributed by atoms with Crippen LogP contribution in [0.2, 0.25) is 0 Å². The summed E-state index contributed by atoms with van der Waals surface area (Å²) in [5.74, 6) is 0.0295. The van der Waals surface area contributed by atoms with E-state index in [2.05, 4.69) is 0 Å². The fraction of sp³-hybridized carbons (Fsp3) is 0.0588. The average Bonchev–Trinajstić information content (AvgIpc) is 2.52. The van der Waals surface area contributed by atoms with Crippen LogP contribution in [0.15, 0.2) is 54.6 Å². The summed E-state index contributed by atoms with van der Waals surface area (Å²) < 4.78 is 17.9. The van der Waals surface area contributed by atoms with E-state index in [1.54, 1.807) is 30.3 Å². The number of benzene rings is 2. The summed E-state index contributed by atoms with van der Waals surface area (Å²) in [6, 6.07) is 14.3. The molecule has 0 N–H and O–H groups in total. The lowest BCUT2D eigenvalue weighted by Crippen LogP contribution is -1.94. The minimum Gasteiger partial charge on any atom is -0.479 e. The van der Waals surface area contributed by atoms with Crippen LogP contribution in [-0.2, 0) is 0 Å². The van der Waals surface area contributed by atoms with Crippen molar-refractivity contribution in [2.24, 2.45) is 0 Å². The Balaban J connectivity index is 2.02. The van der Waals surface area contributed by atoms with Gasteiger partial charge in [0, 0.05) is 5.56 Å². The van der Waals surface area contributed by atoms with Crippen molar-refractivity contribution in [1.82, 2.24) is 0 Å². The van der Waals surface area contributed by atoms with Crippen molar-refractivity contribution < 1.29 is 13.9 Å². The van der Waals surface area contributed by atoms with Crippen LogP contribution in [0.25, 0.3) is 6.08 Å². The molecule has 0 unspecified atom stereocenters. The molecule has 0 aliphatic carbocycles. The third-order valence-electron chi connectivity index (χ3n) is 2.74. The number of nitrogens with zero attached hydrogens (tertiary/aromatic N) is 1. The Morgan fingerprint density at radius 2 is 1.81 bits per heavy atom. The number of nitriles is 1. The minimum absolute atomic E-state index is 0.00175. The minimum atomic E-state index is -0.372. The molecule has 21 heavy (non-hydrogen) atoms. The van der Waals surface area contributed by atoms with Crippen molar-refractivity contribution >= 4 is 11.9 Å². The van der Waals surface area contributed by atoms with Crippen LogP contribution in [0.4, 0.5) is 4.39 Å². The topological polar surface area (TPSA) is 50.1 Å². The van der Waals surface area contributed by atoms with E-state index in [4.69, 9.17) is 10.00 Å². The monoisotopic (exact) mass is 281 g/mol. The molecule has 4 heteroatoms. The van der Waals surface area contributed by atoms with Crippen molar-refractivity contribution in [3.63, 3.8) is 0 Å². The highest BCUT2D eigenvalue weighted by Gasteiger charge is 2.01. The maximum atomic E-state index is 12.8. The lowest BCUT2D eigenvalue weighted by molar-refractivity contribution is 0.104. The summed E-state index contributed by atoms with van der Waals surface area (Å²) in [5, 5.41) is 8.41. The Hall–Kier alpha value is -2.93. The van der Waals surface area contributed by atoms with E-state index in [0.29, 0.717) is 11.3 Å². The number of hydrogen-bond donors (Lipinski definition) is 0. The zero-order valence-corrected chi connectivity index (χ0v) is 11.1. The van der Waals surface area contributed by atoms with Crippen molar-refractivity contribution in [3.05, 3.63) is 71.6 Å². The van der Waals surface area contributed by atoms with Gasteiger partial charge >= 0.3 is 0 Å². The fourth-order valence-electron chi connectivity index (χ4n) is 1.67. The van der Waals surface area contributed by atoms with E-state index in [9.17, 15) is 9.18 Å². The molecule has 2 rings (SSSR count). The maximum Gasteiger partial charge on any atom is 0.185 e. The van der Waals surface area contributed by atoms with Crippen LogP contribution in [0.1, 0.15) is 15.9 Å². The molecule has 0 atom stereocenters. The van der Waals surface area contributed by atoms with Crippen molar-refractivity contribution in [3.8, 4) is 11.8 Å². The fourth-order valence-corrected chi connectivity index (χ4v) is 1.67. The summed E-state index contributed by atoms with van der Waals surface area (Å²) in [5.41, 5.74) is 1.26. The molecule has 2 aromatic carbocycles. The molecule has 0 bridgehead atoms. The molecule has 0 aliphatic rings. The van der Waals surface area contributed by atoms with Gasteiger partial charge in [-0.3, -0.25) is 4.79 Å². The van der Waals surface area contributed by atoms with E-state index in [0.717, 1.165) is 5.56 Å². The van der Waals surface area contributed by atoms with Crippen LogP contribution in [0.3, 0.4) is 0 Å². The highest BCUT2D eigenvalue weighted by atomic mass is 19.1. The zero-order chi connectivity index (χ0) is 15.1. The standard InChI is InChI=1S/C17H12FNO2/c18-15-6-4-14(5-7-15)17(20)10-3-13-1-8-16(9-2-13)21-12-11-19/h1-10H,12H2/b10-3+. The van der Waals surface area contributed by atoms with Crippen molar-refractivity contribution in [2.75, 3.05) is 6.61 Å². The number of allylic oxidation sites excluding steroid dienone is 1. The second-order valence-electron chi connectivity index (χ2n) is 4.22. The highest BCUT2D eigenvalue weighted by Crippen LogP contribution is 2.13. The molecule has 0 aromatic heterocycles. The molecule has 104 valence electrons. The Morgan fingerprint density at radius 1 is 1.14 bits per heavy atom. The van der Waals surface area contributed by atoms with E-state index < -0.39 is 0 Å². The lowest BCUT2D eigenvalue weighted by atomic mass is 10.1. The van der Waals surface area contributed by atoms with E-state index >= 15 is 0 Å². The first-order valence-corrected chi connectivity index (χ1v) is 6.27. The highest BCUT2D eigenvalue weighted by molar-refractivity contribution is 6.06. The molecule has 0 spiro atoms. The SMILES string of the molecule is N#CCOc1ccc(/C=C/C(=O)c2ccc(F)cc2)cc1. The number of ether oxygens (including phenoxy) is 1. The normalized spacial score (nSPS) is 10.3. The van der Waals surface area contributed by atoms with Gasteiger partial charge < -0.3 is 4.74 Å². The van der Waals surface area contributed by atoms with Crippen LogP contribution in [-0.4, -0.2) is 12.4 Å². The Kier molecular flexibility index (Phi) is 4.84. The molecule has 0 radical (unpaired) electrons. The second-order valence-corrected chi connectivity index (χ2v) is 4.22. The van der Waals surface area contributed by atoms with Gasteiger partial charge in [0.2, 0.25) is 0 Å². The number of ketones is 1. The van der Waals surface area contributed by atoms with Gasteiger partial charge in [-0.1, -0.05) is 18.2 Å². The lowest BCUT2D eigenvalue weighted by Gasteiger charge is -2.01. The van der Waals surface area contributed by atoms with E-state index in [-0.39, 0.29) is 18.2 Å². The van der Waals surface area contributed by atoms with Gasteiger partial charge in [-0.2, -0.15) is 5.26 Å². The van der Waals surface area contributed by atoms with Gasteiger partial charge in [-0.15, -0.1) is 0 Å². The number of hydrogen-bond acceptors (Lipinski definition) is 3. The van der Waals surface area contributed by atoms with Gasteiger partial charge in [0.15, 0.2) is 12.4 Å². The van der Waals surface area contributed by atoms with Crippen LogP contribution in [0, 0.1) is 17.1 Å². The summed E-state index contributed by atoms with van der Waals surface area (Å²) >= 11 is 0. The summed E-state index contributed by atoms with van der Waals surface area (Å²) in [6.45, 7) is -0.00175. The zero-order valence-electron chi connectivity index (χ0n) is 11.1. The Morgan fingerprint density at radius 3 is 2.43 bits per heavy atom. The predicted octanol–water partition coefficient (Wildman–Crippen LogP) is 3.62. The molecular weight excluding hydrogens is 269 g/mol. The number of carbonyl (C=O) groups excluding carboxylic acids is 1. The summed E-state index contributed by atoms with van der Waals surface area (Å²) in [7, 11) is 0. The maximum absolute atomic E-state index is 12.8. The largest absolute Gasteiger partial charge is 0.479 e. The van der Waals surface area contributed by atoms with Crippen molar-refractivity contribution in [1.29, 1.82) is 5.26 Å². The molecular formula is C17H12FNO2. The first-order chi connectivity index (χ1) is 10.2. The van der Waals surface area contributed by atoms with Gasteiger partial charge in [0.1, 0.15) is 17.6 Å². The number of carbonyl (C=O) groups is 1. The molecule has 0 amide bonds.